The van der Waals surface area contributed by atoms with E-state index in [1.54, 1.807) is 28.3 Å². The van der Waals surface area contributed by atoms with Crippen molar-refractivity contribution in [3.05, 3.63) is 35.1 Å². The highest BCUT2D eigenvalue weighted by atomic mass is 35.5. The maximum atomic E-state index is 6.08. The van der Waals surface area contributed by atoms with Crippen LogP contribution in [0.4, 0.5) is 5.82 Å². The molecule has 0 fully saturated rings. The van der Waals surface area contributed by atoms with Gasteiger partial charge in [0.1, 0.15) is 11.5 Å². The van der Waals surface area contributed by atoms with Crippen LogP contribution in [0.2, 0.25) is 5.22 Å². The fourth-order valence-electron chi connectivity index (χ4n) is 1.85. The van der Waals surface area contributed by atoms with E-state index in [9.17, 15) is 0 Å². The Morgan fingerprint density at radius 1 is 1.44 bits per heavy atom. The van der Waals surface area contributed by atoms with Crippen LogP contribution < -0.4 is 5.73 Å². The van der Waals surface area contributed by atoms with E-state index in [0.29, 0.717) is 11.0 Å². The summed E-state index contributed by atoms with van der Waals surface area (Å²) in [4.78, 5) is 1.06. The van der Waals surface area contributed by atoms with Gasteiger partial charge in [0.2, 0.25) is 5.22 Å². The average Bonchev–Trinajstić information content (AvgIpc) is 3.02. The predicted octanol–water partition coefficient (Wildman–Crippen LogP) is 3.64. The number of nitrogens with two attached hydrogens (primary N) is 1. The van der Waals surface area contributed by atoms with Gasteiger partial charge in [0.05, 0.1) is 17.4 Å². The maximum Gasteiger partial charge on any atom is 0.202 e. The van der Waals surface area contributed by atoms with E-state index in [4.69, 9.17) is 21.8 Å². The Bertz CT molecular complexity index is 684. The molecule has 0 aromatic carbocycles. The highest BCUT2D eigenvalue weighted by Gasteiger charge is 2.21. The van der Waals surface area contributed by atoms with Crippen molar-refractivity contribution in [3.63, 3.8) is 0 Å². The smallest absolute Gasteiger partial charge is 0.202 e. The van der Waals surface area contributed by atoms with E-state index < -0.39 is 0 Å². The monoisotopic (exact) mass is 279 g/mol. The Labute approximate surface area is 113 Å². The number of aryl methyl sites for hydroxylation is 1. The topological polar surface area (TPSA) is 57.0 Å². The van der Waals surface area contributed by atoms with Crippen LogP contribution in [-0.4, -0.2) is 9.78 Å². The second kappa shape index (κ2) is 4.19. The lowest BCUT2D eigenvalue weighted by Crippen LogP contribution is -1.97. The number of rotatable bonds is 2. The van der Waals surface area contributed by atoms with Crippen LogP contribution in [0, 0.1) is 0 Å². The largest absolute Gasteiger partial charge is 0.452 e. The summed E-state index contributed by atoms with van der Waals surface area (Å²) in [5.41, 5.74) is 8.49. The first-order valence-electron chi connectivity index (χ1n) is 5.28. The molecule has 0 radical (unpaired) electrons. The van der Waals surface area contributed by atoms with Crippen LogP contribution in [-0.2, 0) is 7.05 Å². The fraction of sp³-hybridized carbons (Fsp3) is 0.0833. The molecule has 4 nitrogen and oxygen atoms in total. The van der Waals surface area contributed by atoms with Crippen molar-refractivity contribution in [2.24, 2.45) is 7.05 Å². The first kappa shape index (κ1) is 11.4. The zero-order chi connectivity index (χ0) is 12.7. The highest BCUT2D eigenvalue weighted by Crippen LogP contribution is 2.40. The van der Waals surface area contributed by atoms with E-state index in [1.807, 2.05) is 24.6 Å². The lowest BCUT2D eigenvalue weighted by Gasteiger charge is -1.99. The number of thiophene rings is 1. The lowest BCUT2D eigenvalue weighted by molar-refractivity contribution is 0.570. The van der Waals surface area contributed by atoms with Crippen LogP contribution in [0.25, 0.3) is 21.7 Å². The Hall–Kier alpha value is -1.72. The van der Waals surface area contributed by atoms with Crippen molar-refractivity contribution in [1.29, 1.82) is 0 Å². The Kier molecular flexibility index (Phi) is 2.65. The van der Waals surface area contributed by atoms with E-state index >= 15 is 0 Å². The third kappa shape index (κ3) is 1.63. The molecule has 0 spiro atoms. The van der Waals surface area contributed by atoms with E-state index in [2.05, 4.69) is 5.10 Å². The quantitative estimate of drug-likeness (QED) is 0.779. The SMILES string of the molecule is Cn1nc(-c2ccoc2Cl)c(-c2cccs2)c1N. The van der Waals surface area contributed by atoms with Crippen LogP contribution in [0.15, 0.2) is 34.3 Å². The van der Waals surface area contributed by atoms with Gasteiger partial charge in [-0.15, -0.1) is 11.3 Å². The molecule has 0 unspecified atom stereocenters. The molecule has 92 valence electrons. The van der Waals surface area contributed by atoms with Crippen LogP contribution in [0.5, 0.6) is 0 Å². The maximum absolute atomic E-state index is 6.08. The molecule has 0 aliphatic heterocycles. The molecule has 3 aromatic heterocycles. The first-order valence-corrected chi connectivity index (χ1v) is 6.54. The molecule has 6 heteroatoms. The van der Waals surface area contributed by atoms with Crippen molar-refractivity contribution in [2.45, 2.75) is 0 Å². The summed E-state index contributed by atoms with van der Waals surface area (Å²) in [6.45, 7) is 0. The molecule has 0 saturated carbocycles. The molecule has 3 aromatic rings. The van der Waals surface area contributed by atoms with Gasteiger partial charge in [-0.2, -0.15) is 5.10 Å². The second-order valence-electron chi connectivity index (χ2n) is 3.82. The van der Waals surface area contributed by atoms with E-state index in [0.717, 1.165) is 21.7 Å². The van der Waals surface area contributed by atoms with Gasteiger partial charge in [-0.1, -0.05) is 6.07 Å². The van der Waals surface area contributed by atoms with Gasteiger partial charge < -0.3 is 10.2 Å². The number of halogens is 1. The number of hydrogen-bond donors (Lipinski definition) is 1. The molecule has 0 saturated heterocycles. The van der Waals surface area contributed by atoms with Gasteiger partial charge in [-0.3, -0.25) is 4.68 Å². The van der Waals surface area contributed by atoms with Gasteiger partial charge in [-0.25, -0.2) is 0 Å². The minimum atomic E-state index is 0.325. The van der Waals surface area contributed by atoms with E-state index in [-0.39, 0.29) is 0 Å². The van der Waals surface area contributed by atoms with Gasteiger partial charge >= 0.3 is 0 Å². The summed E-state index contributed by atoms with van der Waals surface area (Å²) in [6, 6.07) is 5.78. The summed E-state index contributed by atoms with van der Waals surface area (Å²) in [5.74, 6) is 0.615. The third-order valence-corrected chi connectivity index (χ3v) is 3.91. The van der Waals surface area contributed by atoms with Gasteiger partial charge in [0.15, 0.2) is 0 Å². The predicted molar refractivity (Wildman–Crippen MR) is 73.6 cm³/mol. The average molecular weight is 280 g/mol. The molecular formula is C12H10ClN3OS. The minimum absolute atomic E-state index is 0.325. The molecule has 0 atom stereocenters. The number of nitrogens with zero attached hydrogens (tertiary/aromatic N) is 2. The van der Waals surface area contributed by atoms with Crippen LogP contribution in [0.1, 0.15) is 0 Å². The van der Waals surface area contributed by atoms with Crippen molar-refractivity contribution >= 4 is 28.8 Å². The number of furan rings is 1. The second-order valence-corrected chi connectivity index (χ2v) is 5.11. The molecule has 18 heavy (non-hydrogen) atoms. The van der Waals surface area contributed by atoms with Crippen molar-refractivity contribution < 1.29 is 4.42 Å². The summed E-state index contributed by atoms with van der Waals surface area (Å²) in [7, 11) is 1.81. The molecule has 3 heterocycles. The molecule has 0 aliphatic carbocycles. The zero-order valence-corrected chi connectivity index (χ0v) is 11.1. The fourth-order valence-corrected chi connectivity index (χ4v) is 2.84. The molecule has 3 rings (SSSR count). The van der Waals surface area contributed by atoms with E-state index in [1.165, 1.54) is 0 Å². The highest BCUT2D eigenvalue weighted by molar-refractivity contribution is 7.13. The van der Waals surface area contributed by atoms with Gasteiger partial charge in [-0.05, 0) is 29.1 Å². The summed E-state index contributed by atoms with van der Waals surface area (Å²) < 4.78 is 6.77. The Balaban J connectivity index is 2.28. The number of nitrogen functional groups attached to an aromatic ring is 1. The van der Waals surface area contributed by atoms with Crippen LogP contribution in [0.3, 0.4) is 0 Å². The number of aromatic nitrogens is 2. The summed E-state index contributed by atoms with van der Waals surface area (Å²) in [6.07, 6.45) is 1.54. The van der Waals surface area contributed by atoms with Crippen molar-refractivity contribution in [2.75, 3.05) is 5.73 Å². The Morgan fingerprint density at radius 2 is 2.28 bits per heavy atom. The molecular weight excluding hydrogens is 270 g/mol. The molecule has 0 amide bonds. The minimum Gasteiger partial charge on any atom is -0.452 e. The zero-order valence-electron chi connectivity index (χ0n) is 9.55. The number of anilines is 1. The molecule has 2 N–H and O–H groups in total. The standard InChI is InChI=1S/C12H10ClN3OS/c1-16-12(14)9(8-3-2-6-18-8)10(15-16)7-4-5-17-11(7)13/h2-6H,14H2,1H3. The molecule has 0 bridgehead atoms. The van der Waals surface area contributed by atoms with Crippen molar-refractivity contribution in [1.82, 2.24) is 9.78 Å². The molecule has 0 aliphatic rings. The number of hydrogen-bond acceptors (Lipinski definition) is 4. The van der Waals surface area contributed by atoms with Crippen molar-refractivity contribution in [3.8, 4) is 21.7 Å². The van der Waals surface area contributed by atoms with Gasteiger partial charge in [0.25, 0.3) is 0 Å². The first-order chi connectivity index (χ1) is 8.68. The van der Waals surface area contributed by atoms with Gasteiger partial charge in [0, 0.05) is 11.9 Å². The van der Waals surface area contributed by atoms with Crippen LogP contribution >= 0.6 is 22.9 Å². The Morgan fingerprint density at radius 3 is 2.89 bits per heavy atom. The lowest BCUT2D eigenvalue weighted by atomic mass is 10.1. The third-order valence-electron chi connectivity index (χ3n) is 2.73. The normalized spacial score (nSPS) is 11.0. The summed E-state index contributed by atoms with van der Waals surface area (Å²) in [5, 5.41) is 6.75. The summed E-state index contributed by atoms with van der Waals surface area (Å²) >= 11 is 7.63.